The van der Waals surface area contributed by atoms with Gasteiger partial charge in [0.25, 0.3) is 5.91 Å². The highest BCUT2D eigenvalue weighted by molar-refractivity contribution is 5.96. The van der Waals surface area contributed by atoms with E-state index in [-0.39, 0.29) is 23.7 Å². The van der Waals surface area contributed by atoms with Crippen LogP contribution < -0.4 is 16.4 Å². The predicted molar refractivity (Wildman–Crippen MR) is 61.8 cm³/mol. The van der Waals surface area contributed by atoms with Crippen molar-refractivity contribution < 1.29 is 14.0 Å². The number of nitrogen functional groups attached to an aromatic ring is 1. The number of nitrogens with one attached hydrogen (secondary N) is 2. The van der Waals surface area contributed by atoms with E-state index in [1.165, 1.54) is 12.1 Å². The molecule has 0 aromatic heterocycles. The smallest absolute Gasteiger partial charge is 0.254 e. The van der Waals surface area contributed by atoms with Crippen molar-refractivity contribution in [3.63, 3.8) is 0 Å². The first kappa shape index (κ1) is 13.0. The largest absolute Gasteiger partial charge is 0.399 e. The van der Waals surface area contributed by atoms with Crippen molar-refractivity contribution in [3.8, 4) is 0 Å². The van der Waals surface area contributed by atoms with E-state index in [4.69, 9.17) is 5.73 Å². The van der Waals surface area contributed by atoms with Crippen LogP contribution in [0.25, 0.3) is 0 Å². The van der Waals surface area contributed by atoms with Gasteiger partial charge in [-0.05, 0) is 25.1 Å². The molecule has 0 saturated carbocycles. The lowest BCUT2D eigenvalue weighted by atomic mass is 10.2. The first-order valence-corrected chi connectivity index (χ1v) is 5.14. The third kappa shape index (κ3) is 3.75. The van der Waals surface area contributed by atoms with Crippen molar-refractivity contribution in [3.05, 3.63) is 29.6 Å². The van der Waals surface area contributed by atoms with Crippen LogP contribution in [-0.2, 0) is 4.79 Å². The number of halogens is 1. The molecule has 0 aliphatic heterocycles. The Balaban J connectivity index is 2.61. The number of carbonyl (C=O) groups excluding carboxylic acids is 2. The van der Waals surface area contributed by atoms with Gasteiger partial charge >= 0.3 is 0 Å². The summed E-state index contributed by atoms with van der Waals surface area (Å²) in [5.41, 5.74) is 5.46. The molecule has 1 rings (SSSR count). The molecule has 0 saturated heterocycles. The van der Waals surface area contributed by atoms with Gasteiger partial charge in [-0.25, -0.2) is 4.39 Å². The summed E-state index contributed by atoms with van der Waals surface area (Å²) in [6.07, 6.45) is 0. The molecular formula is C11H14FN3O2. The van der Waals surface area contributed by atoms with Crippen LogP contribution in [0, 0.1) is 5.82 Å². The van der Waals surface area contributed by atoms with E-state index < -0.39 is 11.7 Å². The van der Waals surface area contributed by atoms with Crippen LogP contribution in [0.3, 0.4) is 0 Å². The molecule has 0 atom stereocenters. The number of amides is 2. The summed E-state index contributed by atoms with van der Waals surface area (Å²) < 4.78 is 13.3. The van der Waals surface area contributed by atoms with Crippen LogP contribution in [0.1, 0.15) is 17.3 Å². The Bertz CT molecular complexity index is 435. The molecule has 5 nitrogen and oxygen atoms in total. The number of benzene rings is 1. The van der Waals surface area contributed by atoms with E-state index >= 15 is 0 Å². The third-order valence-corrected chi connectivity index (χ3v) is 2.02. The van der Waals surface area contributed by atoms with Crippen LogP contribution in [0.15, 0.2) is 18.2 Å². The van der Waals surface area contributed by atoms with Crippen molar-refractivity contribution in [2.45, 2.75) is 6.92 Å². The molecule has 17 heavy (non-hydrogen) atoms. The van der Waals surface area contributed by atoms with Crippen LogP contribution >= 0.6 is 0 Å². The molecule has 0 fully saturated rings. The van der Waals surface area contributed by atoms with Crippen molar-refractivity contribution in [1.82, 2.24) is 10.6 Å². The number of nitrogens with two attached hydrogens (primary N) is 1. The van der Waals surface area contributed by atoms with Crippen LogP contribution in [0.4, 0.5) is 10.1 Å². The van der Waals surface area contributed by atoms with Gasteiger partial charge < -0.3 is 16.4 Å². The predicted octanol–water partition coefficient (Wildman–Crippen LogP) is 0.274. The second kappa shape index (κ2) is 5.83. The number of hydrogen-bond acceptors (Lipinski definition) is 3. The quantitative estimate of drug-likeness (QED) is 0.659. The van der Waals surface area contributed by atoms with E-state index in [0.29, 0.717) is 6.54 Å². The van der Waals surface area contributed by atoms with Gasteiger partial charge in [-0.1, -0.05) is 0 Å². The Kier molecular flexibility index (Phi) is 4.45. The first-order chi connectivity index (χ1) is 8.04. The zero-order valence-electron chi connectivity index (χ0n) is 9.42. The lowest BCUT2D eigenvalue weighted by Gasteiger charge is -2.06. The molecule has 0 bridgehead atoms. The highest BCUT2D eigenvalue weighted by atomic mass is 19.1. The van der Waals surface area contributed by atoms with Crippen molar-refractivity contribution >= 4 is 17.5 Å². The molecule has 0 radical (unpaired) electrons. The van der Waals surface area contributed by atoms with Gasteiger partial charge in [0.15, 0.2) is 0 Å². The molecule has 6 heteroatoms. The van der Waals surface area contributed by atoms with E-state index in [9.17, 15) is 14.0 Å². The Morgan fingerprint density at radius 2 is 2.06 bits per heavy atom. The number of carbonyl (C=O) groups is 2. The zero-order valence-corrected chi connectivity index (χ0v) is 9.42. The Hall–Kier alpha value is -2.11. The molecule has 0 aliphatic rings. The first-order valence-electron chi connectivity index (χ1n) is 5.14. The van der Waals surface area contributed by atoms with Gasteiger partial charge in [-0.2, -0.15) is 0 Å². The highest BCUT2D eigenvalue weighted by Gasteiger charge is 2.12. The maximum absolute atomic E-state index is 13.3. The molecule has 0 spiro atoms. The van der Waals surface area contributed by atoms with Gasteiger partial charge in [-0.3, -0.25) is 9.59 Å². The topological polar surface area (TPSA) is 84.2 Å². The molecule has 4 N–H and O–H groups in total. The van der Waals surface area contributed by atoms with Crippen LogP contribution in [0.2, 0.25) is 0 Å². The summed E-state index contributed by atoms with van der Waals surface area (Å²) in [7, 11) is 0. The Labute approximate surface area is 98.2 Å². The molecule has 0 unspecified atom stereocenters. The minimum absolute atomic E-state index is 0.136. The minimum atomic E-state index is -0.710. The SMILES string of the molecule is CCNC(=O)CNC(=O)c1ccc(N)cc1F. The number of likely N-dealkylation sites (N-methyl/N-ethyl adjacent to an activating group) is 1. The van der Waals surface area contributed by atoms with Gasteiger partial charge in [-0.15, -0.1) is 0 Å². The molecule has 1 aromatic rings. The zero-order chi connectivity index (χ0) is 12.8. The van der Waals surface area contributed by atoms with Gasteiger partial charge in [0.2, 0.25) is 5.91 Å². The van der Waals surface area contributed by atoms with Crippen molar-refractivity contribution in [2.24, 2.45) is 0 Å². The summed E-state index contributed by atoms with van der Waals surface area (Å²) in [5.74, 6) is -1.68. The fourth-order valence-corrected chi connectivity index (χ4v) is 1.23. The number of rotatable bonds is 4. The molecule has 2 amide bonds. The summed E-state index contributed by atoms with van der Waals surface area (Å²) in [4.78, 5) is 22.6. The number of hydrogen-bond donors (Lipinski definition) is 3. The lowest BCUT2D eigenvalue weighted by Crippen LogP contribution is -2.37. The Morgan fingerprint density at radius 1 is 1.35 bits per heavy atom. The lowest BCUT2D eigenvalue weighted by molar-refractivity contribution is -0.120. The highest BCUT2D eigenvalue weighted by Crippen LogP contribution is 2.11. The average Bonchev–Trinajstić information content (AvgIpc) is 2.26. The average molecular weight is 239 g/mol. The number of anilines is 1. The third-order valence-electron chi connectivity index (χ3n) is 2.02. The van der Waals surface area contributed by atoms with E-state index in [1.807, 2.05) is 0 Å². The maximum atomic E-state index is 13.3. The summed E-state index contributed by atoms with van der Waals surface area (Å²) in [6, 6.07) is 3.75. The standard InChI is InChI=1S/C11H14FN3O2/c1-2-14-10(16)6-15-11(17)8-4-3-7(13)5-9(8)12/h3-5H,2,6,13H2,1H3,(H,14,16)(H,15,17). The normalized spacial score (nSPS) is 9.76. The second-order valence-electron chi connectivity index (χ2n) is 3.38. The fraction of sp³-hybridized carbons (Fsp3) is 0.273. The second-order valence-corrected chi connectivity index (χ2v) is 3.38. The molecule has 0 heterocycles. The van der Waals surface area contributed by atoms with Crippen molar-refractivity contribution in [2.75, 3.05) is 18.8 Å². The summed E-state index contributed by atoms with van der Waals surface area (Å²) >= 11 is 0. The molecule has 0 aliphatic carbocycles. The van der Waals surface area contributed by atoms with Crippen molar-refractivity contribution in [1.29, 1.82) is 0 Å². The van der Waals surface area contributed by atoms with Gasteiger partial charge in [0.1, 0.15) is 5.82 Å². The summed E-state index contributed by atoms with van der Waals surface area (Å²) in [5, 5.41) is 4.82. The molecule has 92 valence electrons. The minimum Gasteiger partial charge on any atom is -0.399 e. The fourth-order valence-electron chi connectivity index (χ4n) is 1.23. The van der Waals surface area contributed by atoms with Crippen LogP contribution in [-0.4, -0.2) is 24.9 Å². The summed E-state index contributed by atoms with van der Waals surface area (Å²) in [6.45, 7) is 2.06. The monoisotopic (exact) mass is 239 g/mol. The van der Waals surface area contributed by atoms with Crippen LogP contribution in [0.5, 0.6) is 0 Å². The Morgan fingerprint density at radius 3 is 2.65 bits per heavy atom. The molecular weight excluding hydrogens is 225 g/mol. The van der Waals surface area contributed by atoms with Gasteiger partial charge in [0, 0.05) is 12.2 Å². The van der Waals surface area contributed by atoms with Gasteiger partial charge in [0.05, 0.1) is 12.1 Å². The molecule has 1 aromatic carbocycles. The van der Waals surface area contributed by atoms with E-state index in [0.717, 1.165) is 6.07 Å². The van der Waals surface area contributed by atoms with E-state index in [2.05, 4.69) is 10.6 Å². The maximum Gasteiger partial charge on any atom is 0.254 e. The van der Waals surface area contributed by atoms with E-state index in [1.54, 1.807) is 6.92 Å².